The molecule has 1 saturated carbocycles. The fourth-order valence-electron chi connectivity index (χ4n) is 2.78. The van der Waals surface area contributed by atoms with Gasteiger partial charge in [-0.3, -0.25) is 0 Å². The van der Waals surface area contributed by atoms with E-state index in [-0.39, 0.29) is 0 Å². The van der Waals surface area contributed by atoms with Crippen molar-refractivity contribution in [3.05, 3.63) is 28.8 Å². The molecule has 1 aromatic carbocycles. The normalized spacial score (nSPS) is 22.6. The zero-order chi connectivity index (χ0) is 13.3. The van der Waals surface area contributed by atoms with Crippen LogP contribution in [-0.4, -0.2) is 20.2 Å². The average molecular weight is 268 g/mol. The first-order chi connectivity index (χ1) is 8.47. The van der Waals surface area contributed by atoms with Gasteiger partial charge in [0.05, 0.1) is 7.11 Å². The molecular formula is C15H22ClNO. The summed E-state index contributed by atoms with van der Waals surface area (Å²) in [5.74, 6) is 1.67. The van der Waals surface area contributed by atoms with Crippen LogP contribution in [0.25, 0.3) is 0 Å². The van der Waals surface area contributed by atoms with E-state index >= 15 is 0 Å². The van der Waals surface area contributed by atoms with Crippen molar-refractivity contribution in [1.82, 2.24) is 5.32 Å². The molecule has 0 amide bonds. The molecule has 3 heteroatoms. The highest BCUT2D eigenvalue weighted by atomic mass is 35.5. The van der Waals surface area contributed by atoms with Gasteiger partial charge in [-0.2, -0.15) is 0 Å². The molecule has 1 aliphatic rings. The van der Waals surface area contributed by atoms with Gasteiger partial charge < -0.3 is 10.1 Å². The second-order valence-electron chi connectivity index (χ2n) is 5.85. The Hall–Kier alpha value is -0.730. The van der Waals surface area contributed by atoms with E-state index in [0.29, 0.717) is 11.5 Å². The Morgan fingerprint density at radius 3 is 2.67 bits per heavy atom. The van der Waals surface area contributed by atoms with Gasteiger partial charge in [-0.15, -0.1) is 0 Å². The summed E-state index contributed by atoms with van der Waals surface area (Å²) in [6, 6.07) is 6.33. The monoisotopic (exact) mass is 267 g/mol. The molecule has 2 rings (SSSR count). The van der Waals surface area contributed by atoms with E-state index in [4.69, 9.17) is 16.3 Å². The number of likely N-dealkylation sites (N-methyl/N-ethyl adjacent to an activating group) is 1. The average Bonchev–Trinajstić information content (AvgIpc) is 2.95. The molecule has 0 spiro atoms. The summed E-state index contributed by atoms with van der Waals surface area (Å²) in [4.78, 5) is 0. The number of benzene rings is 1. The van der Waals surface area contributed by atoms with Crippen molar-refractivity contribution in [2.75, 3.05) is 14.2 Å². The van der Waals surface area contributed by atoms with Crippen LogP contribution in [0.15, 0.2) is 18.2 Å². The molecule has 18 heavy (non-hydrogen) atoms. The van der Waals surface area contributed by atoms with E-state index in [1.807, 2.05) is 25.2 Å². The standard InChI is InChI=1S/C15H22ClNO/c1-15(2)9-12(15)13(17-3)8-10-7-11(16)5-6-14(10)18-4/h5-7,12-13,17H,8-9H2,1-4H3. The Morgan fingerprint density at radius 1 is 1.50 bits per heavy atom. The highest BCUT2D eigenvalue weighted by molar-refractivity contribution is 6.30. The van der Waals surface area contributed by atoms with Gasteiger partial charge in [0.1, 0.15) is 5.75 Å². The summed E-state index contributed by atoms with van der Waals surface area (Å²) in [5.41, 5.74) is 1.66. The summed E-state index contributed by atoms with van der Waals surface area (Å²) >= 11 is 6.08. The molecule has 100 valence electrons. The fraction of sp³-hybridized carbons (Fsp3) is 0.600. The third-order valence-electron chi connectivity index (χ3n) is 4.13. The van der Waals surface area contributed by atoms with Gasteiger partial charge >= 0.3 is 0 Å². The van der Waals surface area contributed by atoms with Gasteiger partial charge in [0.15, 0.2) is 0 Å². The Morgan fingerprint density at radius 2 is 2.17 bits per heavy atom. The van der Waals surface area contributed by atoms with Crippen LogP contribution in [0.4, 0.5) is 0 Å². The minimum absolute atomic E-state index is 0.472. The maximum atomic E-state index is 6.08. The molecule has 0 bridgehead atoms. The highest BCUT2D eigenvalue weighted by Crippen LogP contribution is 2.54. The molecule has 1 aromatic rings. The van der Waals surface area contributed by atoms with E-state index in [1.165, 1.54) is 12.0 Å². The van der Waals surface area contributed by atoms with Crippen LogP contribution < -0.4 is 10.1 Å². The molecule has 1 N–H and O–H groups in total. The number of rotatable bonds is 5. The van der Waals surface area contributed by atoms with Crippen LogP contribution in [0.3, 0.4) is 0 Å². The van der Waals surface area contributed by atoms with Gasteiger partial charge in [0.2, 0.25) is 0 Å². The second-order valence-corrected chi connectivity index (χ2v) is 6.29. The summed E-state index contributed by atoms with van der Waals surface area (Å²) in [5, 5.41) is 4.21. The number of methoxy groups -OCH3 is 1. The molecule has 0 radical (unpaired) electrons. The smallest absolute Gasteiger partial charge is 0.122 e. The van der Waals surface area contributed by atoms with Crippen LogP contribution >= 0.6 is 11.6 Å². The highest BCUT2D eigenvalue weighted by Gasteiger charge is 2.49. The van der Waals surface area contributed by atoms with Crippen molar-refractivity contribution in [2.45, 2.75) is 32.7 Å². The Balaban J connectivity index is 2.14. The van der Waals surface area contributed by atoms with Crippen molar-refractivity contribution < 1.29 is 4.74 Å². The lowest BCUT2D eigenvalue weighted by Crippen LogP contribution is -2.31. The molecule has 0 aromatic heterocycles. The van der Waals surface area contributed by atoms with Gasteiger partial charge in [-0.1, -0.05) is 25.4 Å². The van der Waals surface area contributed by atoms with Crippen molar-refractivity contribution in [1.29, 1.82) is 0 Å². The van der Waals surface area contributed by atoms with E-state index in [0.717, 1.165) is 23.1 Å². The zero-order valence-electron chi connectivity index (χ0n) is 11.6. The predicted octanol–water partition coefficient (Wildman–Crippen LogP) is 3.53. The lowest BCUT2D eigenvalue weighted by molar-refractivity contribution is 0.393. The zero-order valence-corrected chi connectivity index (χ0v) is 12.3. The van der Waals surface area contributed by atoms with Gasteiger partial charge in [0.25, 0.3) is 0 Å². The summed E-state index contributed by atoms with van der Waals surface area (Å²) < 4.78 is 5.41. The van der Waals surface area contributed by atoms with E-state index < -0.39 is 0 Å². The Labute approximate surface area is 115 Å². The molecule has 1 aliphatic carbocycles. The topological polar surface area (TPSA) is 21.3 Å². The van der Waals surface area contributed by atoms with Gasteiger partial charge in [0, 0.05) is 11.1 Å². The number of halogens is 1. The van der Waals surface area contributed by atoms with Crippen LogP contribution in [0.5, 0.6) is 5.75 Å². The van der Waals surface area contributed by atoms with Crippen molar-refractivity contribution in [3.63, 3.8) is 0 Å². The Bertz CT molecular complexity index is 431. The largest absolute Gasteiger partial charge is 0.496 e. The third-order valence-corrected chi connectivity index (χ3v) is 4.36. The molecule has 0 heterocycles. The van der Waals surface area contributed by atoms with Crippen LogP contribution in [-0.2, 0) is 6.42 Å². The first-order valence-corrected chi connectivity index (χ1v) is 6.85. The number of ether oxygens (including phenoxy) is 1. The summed E-state index contributed by atoms with van der Waals surface area (Å²) in [7, 11) is 3.75. The second kappa shape index (κ2) is 5.10. The van der Waals surface area contributed by atoms with Crippen LogP contribution in [0, 0.1) is 11.3 Å². The van der Waals surface area contributed by atoms with Crippen LogP contribution in [0.2, 0.25) is 5.02 Å². The van der Waals surface area contributed by atoms with Crippen molar-refractivity contribution >= 4 is 11.6 Å². The lowest BCUT2D eigenvalue weighted by Gasteiger charge is -2.19. The first kappa shape index (κ1) is 13.7. The maximum Gasteiger partial charge on any atom is 0.122 e. The predicted molar refractivity (Wildman–Crippen MR) is 76.4 cm³/mol. The van der Waals surface area contributed by atoms with E-state index in [9.17, 15) is 0 Å². The number of nitrogens with one attached hydrogen (secondary N) is 1. The molecule has 1 fully saturated rings. The minimum atomic E-state index is 0.472. The quantitative estimate of drug-likeness (QED) is 0.881. The molecule has 0 aliphatic heterocycles. The maximum absolute atomic E-state index is 6.08. The summed E-state index contributed by atoms with van der Waals surface area (Å²) in [6.45, 7) is 4.66. The Kier molecular flexibility index (Phi) is 3.88. The van der Waals surface area contributed by atoms with Gasteiger partial charge in [-0.05, 0) is 55.0 Å². The molecular weight excluding hydrogens is 246 g/mol. The van der Waals surface area contributed by atoms with Crippen LogP contribution in [0.1, 0.15) is 25.8 Å². The molecule has 2 unspecified atom stereocenters. The minimum Gasteiger partial charge on any atom is -0.496 e. The van der Waals surface area contributed by atoms with Crippen molar-refractivity contribution in [3.8, 4) is 5.75 Å². The number of hydrogen-bond donors (Lipinski definition) is 1. The van der Waals surface area contributed by atoms with Crippen molar-refractivity contribution in [2.24, 2.45) is 11.3 Å². The third kappa shape index (κ3) is 2.81. The van der Waals surface area contributed by atoms with Gasteiger partial charge in [-0.25, -0.2) is 0 Å². The summed E-state index contributed by atoms with van der Waals surface area (Å²) in [6.07, 6.45) is 2.26. The molecule has 2 nitrogen and oxygen atoms in total. The lowest BCUT2D eigenvalue weighted by atomic mass is 9.97. The van der Waals surface area contributed by atoms with E-state index in [1.54, 1.807) is 7.11 Å². The molecule has 0 saturated heterocycles. The fourth-order valence-corrected chi connectivity index (χ4v) is 2.98. The SMILES string of the molecule is CNC(Cc1cc(Cl)ccc1OC)C1CC1(C)C. The number of hydrogen-bond acceptors (Lipinski definition) is 2. The molecule has 2 atom stereocenters. The van der Waals surface area contributed by atoms with E-state index in [2.05, 4.69) is 19.2 Å². The first-order valence-electron chi connectivity index (χ1n) is 6.47.